The molecule has 0 spiro atoms. The molecule has 0 atom stereocenters. The van der Waals surface area contributed by atoms with Crippen molar-refractivity contribution in [2.75, 3.05) is 13.1 Å². The number of nitrogens with zero attached hydrogens (tertiary/aromatic N) is 1. The molecule has 24 heavy (non-hydrogen) atoms. The quantitative estimate of drug-likeness (QED) is 0.925. The molecular weight excluding hydrogens is 327 g/mol. The van der Waals surface area contributed by atoms with Crippen molar-refractivity contribution in [3.8, 4) is 0 Å². The zero-order valence-electron chi connectivity index (χ0n) is 13.2. The van der Waals surface area contributed by atoms with E-state index in [2.05, 4.69) is 5.32 Å². The molecule has 1 saturated heterocycles. The van der Waals surface area contributed by atoms with Gasteiger partial charge in [0.05, 0.1) is 4.88 Å². The number of hydrogen-bond acceptors (Lipinski definition) is 3. The van der Waals surface area contributed by atoms with E-state index in [1.54, 1.807) is 12.1 Å². The summed E-state index contributed by atoms with van der Waals surface area (Å²) in [6.07, 6.45) is 1.35. The zero-order valence-corrected chi connectivity index (χ0v) is 14.0. The van der Waals surface area contributed by atoms with Crippen molar-refractivity contribution >= 4 is 23.2 Å². The molecule has 0 unspecified atom stereocenters. The normalized spacial score (nSPS) is 15.3. The summed E-state index contributed by atoms with van der Waals surface area (Å²) < 4.78 is 12.9. The topological polar surface area (TPSA) is 49.4 Å². The smallest absolute Gasteiger partial charge is 0.263 e. The Labute approximate surface area is 144 Å². The number of likely N-dealkylation sites (tertiary alicyclic amines) is 1. The molecule has 1 aromatic carbocycles. The lowest BCUT2D eigenvalue weighted by Crippen LogP contribution is -2.42. The third-order valence-corrected chi connectivity index (χ3v) is 5.12. The van der Waals surface area contributed by atoms with Crippen LogP contribution in [0, 0.1) is 11.7 Å². The summed E-state index contributed by atoms with van der Waals surface area (Å²) in [6.45, 7) is 1.60. The highest BCUT2D eigenvalue weighted by Crippen LogP contribution is 2.21. The minimum atomic E-state index is -0.284. The number of nitrogens with one attached hydrogen (secondary N) is 1. The van der Waals surface area contributed by atoms with Gasteiger partial charge in [-0.1, -0.05) is 18.2 Å². The Kier molecular flexibility index (Phi) is 5.25. The molecule has 2 heterocycles. The van der Waals surface area contributed by atoms with Gasteiger partial charge in [0.15, 0.2) is 0 Å². The van der Waals surface area contributed by atoms with Crippen LogP contribution in [0.4, 0.5) is 4.39 Å². The van der Waals surface area contributed by atoms with Crippen molar-refractivity contribution in [2.24, 2.45) is 5.92 Å². The van der Waals surface area contributed by atoms with Gasteiger partial charge in [-0.3, -0.25) is 9.59 Å². The highest BCUT2D eigenvalue weighted by Gasteiger charge is 2.27. The van der Waals surface area contributed by atoms with Crippen molar-refractivity contribution in [2.45, 2.75) is 19.4 Å². The average Bonchev–Trinajstić information content (AvgIpc) is 3.15. The molecule has 4 nitrogen and oxygen atoms in total. The number of amides is 2. The van der Waals surface area contributed by atoms with Gasteiger partial charge in [-0.2, -0.15) is 0 Å². The molecule has 2 aromatic rings. The zero-order chi connectivity index (χ0) is 16.9. The van der Waals surface area contributed by atoms with E-state index in [0.29, 0.717) is 32.5 Å². The minimum absolute atomic E-state index is 0.00236. The molecule has 0 aliphatic carbocycles. The standard InChI is InChI=1S/C18H19FN2O2S/c19-15-5-3-13(4-6-15)12-20-17(22)14-7-9-21(10-8-14)18(23)16-2-1-11-24-16/h1-6,11,14H,7-10,12H2,(H,20,22). The van der Waals surface area contributed by atoms with Crippen molar-refractivity contribution in [3.05, 3.63) is 58.0 Å². The first-order valence-corrected chi connectivity index (χ1v) is 8.86. The highest BCUT2D eigenvalue weighted by molar-refractivity contribution is 7.12. The molecule has 126 valence electrons. The van der Waals surface area contributed by atoms with Gasteiger partial charge in [-0.25, -0.2) is 4.39 Å². The highest BCUT2D eigenvalue weighted by atomic mass is 32.1. The van der Waals surface area contributed by atoms with Crippen LogP contribution in [0.25, 0.3) is 0 Å². The first kappa shape index (κ1) is 16.6. The van der Waals surface area contributed by atoms with Gasteiger partial charge in [0.25, 0.3) is 5.91 Å². The second kappa shape index (κ2) is 7.57. The molecule has 0 radical (unpaired) electrons. The second-order valence-corrected chi connectivity index (χ2v) is 6.84. The molecule has 1 aliphatic rings. The number of benzene rings is 1. The summed E-state index contributed by atoms with van der Waals surface area (Å²) in [5, 5.41) is 4.79. The maximum Gasteiger partial charge on any atom is 0.263 e. The fraction of sp³-hybridized carbons (Fsp3) is 0.333. The Hall–Kier alpha value is -2.21. The van der Waals surface area contributed by atoms with Gasteiger partial charge in [0.1, 0.15) is 5.82 Å². The van der Waals surface area contributed by atoms with Crippen LogP contribution in [-0.4, -0.2) is 29.8 Å². The molecule has 3 rings (SSSR count). The number of carbonyl (C=O) groups is 2. The van der Waals surface area contributed by atoms with E-state index < -0.39 is 0 Å². The van der Waals surface area contributed by atoms with Crippen LogP contribution in [0.5, 0.6) is 0 Å². The average molecular weight is 346 g/mol. The van der Waals surface area contributed by atoms with E-state index >= 15 is 0 Å². The number of rotatable bonds is 4. The van der Waals surface area contributed by atoms with Crippen LogP contribution >= 0.6 is 11.3 Å². The Bertz CT molecular complexity index is 692. The molecule has 1 aliphatic heterocycles. The maximum atomic E-state index is 12.9. The van der Waals surface area contributed by atoms with Crippen LogP contribution < -0.4 is 5.32 Å². The molecule has 0 saturated carbocycles. The Morgan fingerprint density at radius 1 is 1.17 bits per heavy atom. The molecule has 6 heteroatoms. The van der Waals surface area contributed by atoms with E-state index in [4.69, 9.17) is 0 Å². The van der Waals surface area contributed by atoms with E-state index in [-0.39, 0.29) is 23.5 Å². The lowest BCUT2D eigenvalue weighted by molar-refractivity contribution is -0.126. The van der Waals surface area contributed by atoms with Crippen molar-refractivity contribution < 1.29 is 14.0 Å². The summed E-state index contributed by atoms with van der Waals surface area (Å²) in [5.41, 5.74) is 0.870. The van der Waals surface area contributed by atoms with Crippen molar-refractivity contribution in [1.29, 1.82) is 0 Å². The van der Waals surface area contributed by atoms with Gasteiger partial charge < -0.3 is 10.2 Å². The molecule has 0 bridgehead atoms. The first-order chi connectivity index (χ1) is 11.6. The van der Waals surface area contributed by atoms with Crippen molar-refractivity contribution in [1.82, 2.24) is 10.2 Å². The number of carbonyl (C=O) groups excluding carboxylic acids is 2. The van der Waals surface area contributed by atoms with Crippen LogP contribution in [0.3, 0.4) is 0 Å². The fourth-order valence-electron chi connectivity index (χ4n) is 2.84. The van der Waals surface area contributed by atoms with E-state index in [0.717, 1.165) is 10.4 Å². The second-order valence-electron chi connectivity index (χ2n) is 5.89. The number of piperidine rings is 1. The minimum Gasteiger partial charge on any atom is -0.352 e. The summed E-state index contributed by atoms with van der Waals surface area (Å²) in [7, 11) is 0. The Balaban J connectivity index is 1.46. The number of halogens is 1. The third-order valence-electron chi connectivity index (χ3n) is 4.26. The Morgan fingerprint density at radius 2 is 1.88 bits per heavy atom. The van der Waals surface area contributed by atoms with Crippen LogP contribution in [-0.2, 0) is 11.3 Å². The van der Waals surface area contributed by atoms with E-state index in [9.17, 15) is 14.0 Å². The van der Waals surface area contributed by atoms with Gasteiger partial charge in [-0.05, 0) is 42.0 Å². The SMILES string of the molecule is O=C(NCc1ccc(F)cc1)C1CCN(C(=O)c2cccs2)CC1. The van der Waals surface area contributed by atoms with Gasteiger partial charge in [0.2, 0.25) is 5.91 Å². The van der Waals surface area contributed by atoms with E-state index in [1.165, 1.54) is 23.5 Å². The maximum absolute atomic E-state index is 12.9. The van der Waals surface area contributed by atoms with Gasteiger partial charge >= 0.3 is 0 Å². The lowest BCUT2D eigenvalue weighted by atomic mass is 9.95. The van der Waals surface area contributed by atoms with E-state index in [1.807, 2.05) is 22.4 Å². The number of thiophene rings is 1. The largest absolute Gasteiger partial charge is 0.352 e. The lowest BCUT2D eigenvalue weighted by Gasteiger charge is -2.31. The first-order valence-electron chi connectivity index (χ1n) is 7.98. The molecule has 2 amide bonds. The predicted octanol–water partition coefficient (Wildman–Crippen LogP) is 3.06. The van der Waals surface area contributed by atoms with Crippen LogP contribution in [0.2, 0.25) is 0 Å². The van der Waals surface area contributed by atoms with Gasteiger partial charge in [0, 0.05) is 25.6 Å². The Morgan fingerprint density at radius 3 is 2.50 bits per heavy atom. The van der Waals surface area contributed by atoms with Crippen LogP contribution in [0.1, 0.15) is 28.1 Å². The molecule has 1 fully saturated rings. The summed E-state index contributed by atoms with van der Waals surface area (Å²) in [6, 6.07) is 9.80. The third kappa shape index (κ3) is 4.00. The molecule has 1 N–H and O–H groups in total. The molecule has 1 aromatic heterocycles. The van der Waals surface area contributed by atoms with Crippen molar-refractivity contribution in [3.63, 3.8) is 0 Å². The summed E-state index contributed by atoms with van der Waals surface area (Å²) in [5.74, 6) is -0.302. The van der Waals surface area contributed by atoms with Crippen LogP contribution in [0.15, 0.2) is 41.8 Å². The summed E-state index contributed by atoms with van der Waals surface area (Å²) >= 11 is 1.44. The number of hydrogen-bond donors (Lipinski definition) is 1. The summed E-state index contributed by atoms with van der Waals surface area (Å²) in [4.78, 5) is 27.1. The monoisotopic (exact) mass is 346 g/mol. The fourth-order valence-corrected chi connectivity index (χ4v) is 3.53. The van der Waals surface area contributed by atoms with Gasteiger partial charge in [-0.15, -0.1) is 11.3 Å². The predicted molar refractivity (Wildman–Crippen MR) is 91.2 cm³/mol. The molecular formula is C18H19FN2O2S.